The summed E-state index contributed by atoms with van der Waals surface area (Å²) in [6.45, 7) is 5.48. The summed E-state index contributed by atoms with van der Waals surface area (Å²) in [5.74, 6) is 0.288. The second kappa shape index (κ2) is 7.74. The van der Waals surface area contributed by atoms with E-state index in [1.54, 1.807) is 23.2 Å². The summed E-state index contributed by atoms with van der Waals surface area (Å²) in [5.41, 5.74) is 0.474. The number of amides is 2. The molecule has 120 valence electrons. The molecule has 0 atom stereocenters. The highest BCUT2D eigenvalue weighted by molar-refractivity contribution is 5.96. The Balaban J connectivity index is 1.91. The van der Waals surface area contributed by atoms with Gasteiger partial charge in [0.2, 0.25) is 11.8 Å². The van der Waals surface area contributed by atoms with Gasteiger partial charge in [-0.15, -0.1) is 0 Å². The van der Waals surface area contributed by atoms with Gasteiger partial charge in [0.15, 0.2) is 0 Å². The molecule has 0 aromatic carbocycles. The zero-order chi connectivity index (χ0) is 15.9. The molecule has 22 heavy (non-hydrogen) atoms. The molecule has 1 aliphatic rings. The highest BCUT2D eigenvalue weighted by Gasteiger charge is 2.25. The molecule has 2 amide bonds. The van der Waals surface area contributed by atoms with Crippen LogP contribution in [-0.2, 0) is 4.79 Å². The van der Waals surface area contributed by atoms with Crippen molar-refractivity contribution < 1.29 is 14.3 Å². The number of nitrogens with one attached hydrogen (secondary N) is 1. The maximum atomic E-state index is 12.5. The van der Waals surface area contributed by atoms with Gasteiger partial charge in [0, 0.05) is 38.9 Å². The molecule has 1 aliphatic heterocycles. The largest absolute Gasteiger partial charge is 0.480 e. The number of carbonyl (C=O) groups excluding carboxylic acids is 2. The lowest BCUT2D eigenvalue weighted by Gasteiger charge is -2.34. The van der Waals surface area contributed by atoms with Crippen molar-refractivity contribution >= 4 is 11.8 Å². The Bertz CT molecular complexity index is 527. The number of aromatic nitrogens is 1. The topological polar surface area (TPSA) is 74.8 Å². The number of hydrogen-bond donors (Lipinski definition) is 1. The summed E-state index contributed by atoms with van der Waals surface area (Å²) in [4.78, 5) is 32.0. The molecule has 0 unspecified atom stereocenters. The van der Waals surface area contributed by atoms with Gasteiger partial charge in [-0.2, -0.15) is 0 Å². The number of carbonyl (C=O) groups is 2. The van der Waals surface area contributed by atoms with Crippen LogP contribution < -0.4 is 10.1 Å². The lowest BCUT2D eigenvalue weighted by Crippen LogP contribution is -2.51. The first kappa shape index (κ1) is 16.2. The lowest BCUT2D eigenvalue weighted by molar-refractivity contribution is -0.122. The molecule has 7 heteroatoms. The maximum absolute atomic E-state index is 12.5. The van der Waals surface area contributed by atoms with E-state index in [2.05, 4.69) is 15.2 Å². The molecule has 0 saturated carbocycles. The summed E-state index contributed by atoms with van der Waals surface area (Å²) in [7, 11) is 1.50. The number of likely N-dealkylation sites (N-methyl/N-ethyl adjacent to an activating group) is 1. The third-order valence-electron chi connectivity index (χ3n) is 3.60. The summed E-state index contributed by atoms with van der Waals surface area (Å²) < 4.78 is 5.14. The average molecular weight is 306 g/mol. The fourth-order valence-corrected chi connectivity index (χ4v) is 2.45. The highest BCUT2D eigenvalue weighted by Crippen LogP contribution is 2.17. The van der Waals surface area contributed by atoms with Gasteiger partial charge in [0.1, 0.15) is 5.56 Å². The molecule has 0 spiro atoms. The van der Waals surface area contributed by atoms with E-state index in [0.29, 0.717) is 50.7 Å². The standard InChI is InChI=1S/C15H22N4O3/c1-3-16-13(20)11-18-7-9-19(10-8-18)15(21)12-5-4-6-17-14(12)22-2/h4-6H,3,7-11H2,1-2H3,(H,16,20). The minimum absolute atomic E-state index is 0.0243. The van der Waals surface area contributed by atoms with Crippen molar-refractivity contribution in [3.05, 3.63) is 23.9 Å². The lowest BCUT2D eigenvalue weighted by atomic mass is 10.2. The van der Waals surface area contributed by atoms with Crippen molar-refractivity contribution in [1.29, 1.82) is 0 Å². The molecule has 1 fully saturated rings. The molecule has 2 rings (SSSR count). The van der Waals surface area contributed by atoms with Crippen LogP contribution in [0.5, 0.6) is 5.88 Å². The predicted octanol–water partition coefficient (Wildman–Crippen LogP) is -0.0159. The Hall–Kier alpha value is -2.15. The fraction of sp³-hybridized carbons (Fsp3) is 0.533. The second-order valence-electron chi connectivity index (χ2n) is 5.08. The average Bonchev–Trinajstić information content (AvgIpc) is 2.55. The predicted molar refractivity (Wildman–Crippen MR) is 81.8 cm³/mol. The van der Waals surface area contributed by atoms with E-state index in [4.69, 9.17) is 4.74 Å². The van der Waals surface area contributed by atoms with Crippen LogP contribution in [-0.4, -0.2) is 73.0 Å². The van der Waals surface area contributed by atoms with Crippen molar-refractivity contribution in [2.45, 2.75) is 6.92 Å². The molecule has 0 aliphatic carbocycles. The molecule has 1 N–H and O–H groups in total. The van der Waals surface area contributed by atoms with Gasteiger partial charge >= 0.3 is 0 Å². The molecule has 0 radical (unpaired) electrons. The van der Waals surface area contributed by atoms with E-state index in [1.165, 1.54) is 7.11 Å². The zero-order valence-corrected chi connectivity index (χ0v) is 13.0. The molecular weight excluding hydrogens is 284 g/mol. The van der Waals surface area contributed by atoms with Gasteiger partial charge < -0.3 is 15.0 Å². The fourth-order valence-electron chi connectivity index (χ4n) is 2.45. The van der Waals surface area contributed by atoms with E-state index in [9.17, 15) is 9.59 Å². The summed E-state index contributed by atoms with van der Waals surface area (Å²) >= 11 is 0. The van der Waals surface area contributed by atoms with Gasteiger partial charge in [-0.3, -0.25) is 14.5 Å². The quantitative estimate of drug-likeness (QED) is 0.828. The Morgan fingerprint density at radius 2 is 2.05 bits per heavy atom. The number of pyridine rings is 1. The first-order chi connectivity index (χ1) is 10.7. The zero-order valence-electron chi connectivity index (χ0n) is 13.0. The number of ether oxygens (including phenoxy) is 1. The van der Waals surface area contributed by atoms with Crippen molar-refractivity contribution in [3.8, 4) is 5.88 Å². The van der Waals surface area contributed by atoms with Gasteiger partial charge in [0.25, 0.3) is 5.91 Å². The van der Waals surface area contributed by atoms with Crippen LogP contribution >= 0.6 is 0 Å². The number of nitrogens with zero attached hydrogens (tertiary/aromatic N) is 3. The number of rotatable bonds is 5. The van der Waals surface area contributed by atoms with Gasteiger partial charge in [-0.25, -0.2) is 4.98 Å². The molecule has 7 nitrogen and oxygen atoms in total. The third-order valence-corrected chi connectivity index (χ3v) is 3.60. The summed E-state index contributed by atoms with van der Waals surface area (Å²) in [6, 6.07) is 3.44. The third kappa shape index (κ3) is 3.94. The van der Waals surface area contributed by atoms with Crippen molar-refractivity contribution in [1.82, 2.24) is 20.1 Å². The Kier molecular flexibility index (Phi) is 5.71. The Morgan fingerprint density at radius 1 is 1.32 bits per heavy atom. The highest BCUT2D eigenvalue weighted by atomic mass is 16.5. The first-order valence-electron chi connectivity index (χ1n) is 7.43. The van der Waals surface area contributed by atoms with Crippen molar-refractivity contribution in [2.75, 3.05) is 46.4 Å². The Labute approximate surface area is 130 Å². The number of hydrogen-bond acceptors (Lipinski definition) is 5. The van der Waals surface area contributed by atoms with Gasteiger partial charge in [-0.1, -0.05) is 0 Å². The van der Waals surface area contributed by atoms with Gasteiger partial charge in [-0.05, 0) is 19.1 Å². The molecule has 1 aromatic heterocycles. The molecule has 1 saturated heterocycles. The van der Waals surface area contributed by atoms with Crippen LogP contribution in [0.4, 0.5) is 0 Å². The van der Waals surface area contributed by atoms with Crippen LogP contribution in [0.15, 0.2) is 18.3 Å². The monoisotopic (exact) mass is 306 g/mol. The van der Waals surface area contributed by atoms with E-state index < -0.39 is 0 Å². The van der Waals surface area contributed by atoms with E-state index in [0.717, 1.165) is 0 Å². The van der Waals surface area contributed by atoms with Crippen LogP contribution in [0.25, 0.3) is 0 Å². The SMILES string of the molecule is CCNC(=O)CN1CCN(C(=O)c2cccnc2OC)CC1. The van der Waals surface area contributed by atoms with Crippen LogP contribution in [0.3, 0.4) is 0 Å². The molecule has 0 bridgehead atoms. The number of piperazine rings is 1. The van der Waals surface area contributed by atoms with E-state index in [-0.39, 0.29) is 11.8 Å². The Morgan fingerprint density at radius 3 is 2.68 bits per heavy atom. The summed E-state index contributed by atoms with van der Waals surface area (Å²) in [5, 5.41) is 2.78. The van der Waals surface area contributed by atoms with Crippen molar-refractivity contribution in [3.63, 3.8) is 0 Å². The number of methoxy groups -OCH3 is 1. The van der Waals surface area contributed by atoms with E-state index >= 15 is 0 Å². The summed E-state index contributed by atoms with van der Waals surface area (Å²) in [6.07, 6.45) is 1.60. The smallest absolute Gasteiger partial charge is 0.259 e. The van der Waals surface area contributed by atoms with Gasteiger partial charge in [0.05, 0.1) is 13.7 Å². The maximum Gasteiger partial charge on any atom is 0.259 e. The second-order valence-corrected chi connectivity index (χ2v) is 5.08. The minimum Gasteiger partial charge on any atom is -0.480 e. The molecule has 2 heterocycles. The van der Waals surface area contributed by atoms with Crippen molar-refractivity contribution in [2.24, 2.45) is 0 Å². The molecular formula is C15H22N4O3. The van der Waals surface area contributed by atoms with E-state index in [1.807, 2.05) is 6.92 Å². The normalized spacial score (nSPS) is 15.5. The van der Waals surface area contributed by atoms with Crippen LogP contribution in [0.2, 0.25) is 0 Å². The van der Waals surface area contributed by atoms with Crippen LogP contribution in [0, 0.1) is 0 Å². The first-order valence-corrected chi connectivity index (χ1v) is 7.43. The molecule has 1 aromatic rings. The van der Waals surface area contributed by atoms with Crippen LogP contribution in [0.1, 0.15) is 17.3 Å². The minimum atomic E-state index is -0.0809.